The number of hydrogen-bond acceptors (Lipinski definition) is 4. The first-order valence-corrected chi connectivity index (χ1v) is 10.3. The van der Waals surface area contributed by atoms with Crippen LogP contribution < -0.4 is 15.6 Å². The molecule has 1 fully saturated rings. The highest BCUT2D eigenvalue weighted by Gasteiger charge is 2.31. The van der Waals surface area contributed by atoms with E-state index in [1.54, 1.807) is 24.3 Å². The largest absolute Gasteiger partial charge is 0.463 e. The highest BCUT2D eigenvalue weighted by molar-refractivity contribution is 6.04. The number of alkyl halides is 3. The van der Waals surface area contributed by atoms with Gasteiger partial charge in [-0.15, -0.1) is 0 Å². The molecule has 0 saturated carbocycles. The number of hydrogen-bond donors (Lipinski definition) is 1. The van der Waals surface area contributed by atoms with Crippen LogP contribution in [-0.4, -0.2) is 19.0 Å². The molecule has 166 valence electrons. The van der Waals surface area contributed by atoms with Crippen LogP contribution in [0.4, 0.5) is 24.5 Å². The Hall–Kier alpha value is -3.55. The van der Waals surface area contributed by atoms with E-state index < -0.39 is 17.6 Å². The standard InChI is InChI=1S/C24H21F3N2O3/c25-24(26,27)17-9-10-20(29-12-4-1-5-13-29)19(14-17)28-22(30)11-8-16-15-32-21-7-3-2-6-18(21)23(16)31/h2-3,6-11,14-15H,1,4-5,12-13H2,(H,28,30)/b11-8+. The Morgan fingerprint density at radius 1 is 1.06 bits per heavy atom. The SMILES string of the molecule is O=C(/C=C/c1coc2ccccc2c1=O)Nc1cc(C(F)(F)F)ccc1N1CCCCC1. The van der Waals surface area contributed by atoms with Crippen molar-refractivity contribution in [1.29, 1.82) is 0 Å². The number of piperidine rings is 1. The smallest absolute Gasteiger partial charge is 0.416 e. The van der Waals surface area contributed by atoms with Gasteiger partial charge in [-0.1, -0.05) is 12.1 Å². The van der Waals surface area contributed by atoms with Gasteiger partial charge in [0.1, 0.15) is 11.8 Å². The lowest BCUT2D eigenvalue weighted by atomic mass is 10.1. The summed E-state index contributed by atoms with van der Waals surface area (Å²) in [5, 5.41) is 2.92. The molecule has 0 bridgehead atoms. The highest BCUT2D eigenvalue weighted by Crippen LogP contribution is 2.36. The first-order chi connectivity index (χ1) is 15.3. The molecule has 1 aromatic heterocycles. The maximum Gasteiger partial charge on any atom is 0.416 e. The van der Waals surface area contributed by atoms with Gasteiger partial charge in [-0.3, -0.25) is 9.59 Å². The molecule has 1 saturated heterocycles. The van der Waals surface area contributed by atoms with E-state index in [9.17, 15) is 22.8 Å². The monoisotopic (exact) mass is 442 g/mol. The van der Waals surface area contributed by atoms with Gasteiger partial charge in [-0.2, -0.15) is 13.2 Å². The van der Waals surface area contributed by atoms with Gasteiger partial charge in [-0.05, 0) is 55.7 Å². The van der Waals surface area contributed by atoms with E-state index in [2.05, 4.69) is 5.32 Å². The van der Waals surface area contributed by atoms with Crippen molar-refractivity contribution in [2.75, 3.05) is 23.3 Å². The van der Waals surface area contributed by atoms with Gasteiger partial charge in [0.15, 0.2) is 5.43 Å². The Kier molecular flexibility index (Phi) is 6.03. The fourth-order valence-electron chi connectivity index (χ4n) is 3.77. The molecule has 5 nitrogen and oxygen atoms in total. The molecular formula is C24H21F3N2O3. The quantitative estimate of drug-likeness (QED) is 0.546. The number of carbonyl (C=O) groups is 1. The second kappa shape index (κ2) is 8.90. The van der Waals surface area contributed by atoms with E-state index in [0.29, 0.717) is 29.7 Å². The summed E-state index contributed by atoms with van der Waals surface area (Å²) in [6.45, 7) is 1.42. The van der Waals surface area contributed by atoms with Gasteiger partial charge in [0.2, 0.25) is 5.91 Å². The van der Waals surface area contributed by atoms with E-state index >= 15 is 0 Å². The van der Waals surface area contributed by atoms with Crippen LogP contribution in [0.2, 0.25) is 0 Å². The zero-order chi connectivity index (χ0) is 22.7. The molecule has 8 heteroatoms. The molecule has 2 aromatic carbocycles. The molecule has 0 spiro atoms. The highest BCUT2D eigenvalue weighted by atomic mass is 19.4. The maximum atomic E-state index is 13.2. The number of carbonyl (C=O) groups excluding carboxylic acids is 1. The number of halogens is 3. The minimum Gasteiger partial charge on any atom is -0.463 e. The van der Waals surface area contributed by atoms with Crippen LogP contribution in [0.3, 0.4) is 0 Å². The van der Waals surface area contributed by atoms with Gasteiger partial charge >= 0.3 is 6.18 Å². The van der Waals surface area contributed by atoms with E-state index in [0.717, 1.165) is 37.5 Å². The Bertz CT molecular complexity index is 1230. The minimum absolute atomic E-state index is 0.0851. The van der Waals surface area contributed by atoms with Crippen LogP contribution in [0.5, 0.6) is 0 Å². The predicted octanol–water partition coefficient (Wildman–Crippen LogP) is 5.45. The molecular weight excluding hydrogens is 421 g/mol. The average Bonchev–Trinajstić information content (AvgIpc) is 2.79. The van der Waals surface area contributed by atoms with Gasteiger partial charge in [0, 0.05) is 19.2 Å². The van der Waals surface area contributed by atoms with Gasteiger partial charge < -0.3 is 14.6 Å². The van der Waals surface area contributed by atoms with Crippen molar-refractivity contribution in [3.8, 4) is 0 Å². The molecule has 4 rings (SSSR count). The fraction of sp³-hybridized carbons (Fsp3) is 0.250. The third-order valence-electron chi connectivity index (χ3n) is 5.40. The lowest BCUT2D eigenvalue weighted by Gasteiger charge is -2.31. The molecule has 1 N–H and O–H groups in total. The van der Waals surface area contributed by atoms with Crippen LogP contribution >= 0.6 is 0 Å². The number of amides is 1. The van der Waals surface area contributed by atoms with Crippen molar-refractivity contribution >= 4 is 34.3 Å². The molecule has 3 aromatic rings. The number of nitrogens with zero attached hydrogens (tertiary/aromatic N) is 1. The van der Waals surface area contributed by atoms with Crippen LogP contribution in [0.15, 0.2) is 64.0 Å². The Balaban J connectivity index is 1.60. The minimum atomic E-state index is -4.53. The van der Waals surface area contributed by atoms with Gasteiger partial charge in [-0.25, -0.2) is 0 Å². The van der Waals surface area contributed by atoms with Gasteiger partial charge in [0.25, 0.3) is 0 Å². The number of para-hydroxylation sites is 1. The number of anilines is 2. The number of benzene rings is 2. The third-order valence-corrected chi connectivity index (χ3v) is 5.40. The lowest BCUT2D eigenvalue weighted by molar-refractivity contribution is -0.137. The summed E-state index contributed by atoms with van der Waals surface area (Å²) in [5.41, 5.74) is 0.0802. The van der Waals surface area contributed by atoms with Crippen LogP contribution in [0, 0.1) is 0 Å². The average molecular weight is 442 g/mol. The van der Waals surface area contributed by atoms with Crippen molar-refractivity contribution in [3.63, 3.8) is 0 Å². The second-order valence-electron chi connectivity index (χ2n) is 7.62. The normalized spacial score (nSPS) is 14.8. The second-order valence-corrected chi connectivity index (χ2v) is 7.62. The summed E-state index contributed by atoms with van der Waals surface area (Å²) < 4.78 is 45.1. The molecule has 1 amide bonds. The summed E-state index contributed by atoms with van der Waals surface area (Å²) in [6.07, 6.45) is 2.06. The van der Waals surface area contributed by atoms with E-state index in [-0.39, 0.29) is 16.7 Å². The molecule has 0 unspecified atom stereocenters. The zero-order valence-electron chi connectivity index (χ0n) is 17.1. The van der Waals surface area contributed by atoms with Crippen molar-refractivity contribution < 1.29 is 22.4 Å². The van der Waals surface area contributed by atoms with E-state index in [1.165, 1.54) is 18.4 Å². The van der Waals surface area contributed by atoms with Crippen LogP contribution in [-0.2, 0) is 11.0 Å². The number of nitrogens with one attached hydrogen (secondary N) is 1. The molecule has 1 aliphatic rings. The summed E-state index contributed by atoms with van der Waals surface area (Å²) in [5.74, 6) is -0.643. The first-order valence-electron chi connectivity index (χ1n) is 10.3. The zero-order valence-corrected chi connectivity index (χ0v) is 17.1. The van der Waals surface area contributed by atoms with Crippen molar-refractivity contribution in [1.82, 2.24) is 0 Å². The Morgan fingerprint density at radius 3 is 2.56 bits per heavy atom. The molecule has 0 aliphatic carbocycles. The van der Waals surface area contributed by atoms with E-state index in [1.807, 2.05) is 4.90 Å². The lowest BCUT2D eigenvalue weighted by Crippen LogP contribution is -2.30. The number of fused-ring (bicyclic) bond motifs is 1. The number of rotatable bonds is 4. The predicted molar refractivity (Wildman–Crippen MR) is 118 cm³/mol. The fourth-order valence-corrected chi connectivity index (χ4v) is 3.77. The Labute approximate surface area is 182 Å². The van der Waals surface area contributed by atoms with Crippen molar-refractivity contribution in [2.24, 2.45) is 0 Å². The van der Waals surface area contributed by atoms with Crippen LogP contribution in [0.1, 0.15) is 30.4 Å². The van der Waals surface area contributed by atoms with Crippen molar-refractivity contribution in [3.05, 3.63) is 76.2 Å². The summed E-state index contributed by atoms with van der Waals surface area (Å²) in [7, 11) is 0. The van der Waals surface area contributed by atoms with E-state index in [4.69, 9.17) is 4.42 Å². The van der Waals surface area contributed by atoms with Crippen LogP contribution in [0.25, 0.3) is 17.0 Å². The summed E-state index contributed by atoms with van der Waals surface area (Å²) in [6, 6.07) is 10.1. The first kappa shape index (κ1) is 21.7. The molecule has 0 atom stereocenters. The molecule has 2 heterocycles. The maximum absolute atomic E-state index is 13.2. The Morgan fingerprint density at radius 2 is 1.81 bits per heavy atom. The molecule has 32 heavy (non-hydrogen) atoms. The topological polar surface area (TPSA) is 62.6 Å². The van der Waals surface area contributed by atoms with Crippen molar-refractivity contribution in [2.45, 2.75) is 25.4 Å². The third kappa shape index (κ3) is 4.69. The molecule has 1 aliphatic heterocycles. The summed E-state index contributed by atoms with van der Waals surface area (Å²) >= 11 is 0. The molecule has 0 radical (unpaired) electrons. The van der Waals surface area contributed by atoms with Gasteiger partial charge in [0.05, 0.1) is 27.9 Å². The summed E-state index contributed by atoms with van der Waals surface area (Å²) in [4.78, 5) is 27.0.